The molecule has 0 spiro atoms. The summed E-state index contributed by atoms with van der Waals surface area (Å²) in [4.78, 5) is 25.7. The van der Waals surface area contributed by atoms with Crippen LogP contribution >= 0.6 is 0 Å². The van der Waals surface area contributed by atoms with E-state index in [0.29, 0.717) is 23.1 Å². The van der Waals surface area contributed by atoms with Gasteiger partial charge in [-0.1, -0.05) is 18.2 Å². The Morgan fingerprint density at radius 1 is 1.06 bits per heavy atom. The van der Waals surface area contributed by atoms with Crippen molar-refractivity contribution in [2.75, 3.05) is 11.1 Å². The Morgan fingerprint density at radius 3 is 2.71 bits per heavy atom. The van der Waals surface area contributed by atoms with E-state index in [1.165, 1.54) is 23.8 Å². The molecule has 168 valence electrons. The van der Waals surface area contributed by atoms with E-state index in [-0.39, 0.29) is 12.3 Å². The van der Waals surface area contributed by atoms with Crippen molar-refractivity contribution in [1.82, 2.24) is 19.5 Å². The SMILES string of the molecule is Nc1ncnc2c3c(n(-c4ccc(NC(=O)Cc5coc(-c6ccccc6)n5)cc4)c12)CCC3. The summed E-state index contributed by atoms with van der Waals surface area (Å²) in [5.41, 5.74) is 13.6. The number of amides is 1. The third-order valence-corrected chi connectivity index (χ3v) is 6.14. The minimum absolute atomic E-state index is 0.127. The fraction of sp³-hybridized carbons (Fsp3) is 0.154. The van der Waals surface area contributed by atoms with Crippen LogP contribution in [0.25, 0.3) is 28.2 Å². The Morgan fingerprint density at radius 2 is 1.88 bits per heavy atom. The minimum Gasteiger partial charge on any atom is -0.444 e. The zero-order chi connectivity index (χ0) is 23.1. The second kappa shape index (κ2) is 8.15. The van der Waals surface area contributed by atoms with E-state index in [9.17, 15) is 4.79 Å². The molecule has 3 heterocycles. The summed E-state index contributed by atoms with van der Waals surface area (Å²) in [6.45, 7) is 0. The Balaban J connectivity index is 1.20. The van der Waals surface area contributed by atoms with Gasteiger partial charge in [0.2, 0.25) is 11.8 Å². The van der Waals surface area contributed by atoms with Crippen LogP contribution in [0, 0.1) is 0 Å². The van der Waals surface area contributed by atoms with Gasteiger partial charge in [-0.05, 0) is 61.2 Å². The molecule has 1 aliphatic carbocycles. The van der Waals surface area contributed by atoms with Crippen molar-refractivity contribution in [3.8, 4) is 17.1 Å². The average molecular weight is 451 g/mol. The highest BCUT2D eigenvalue weighted by atomic mass is 16.3. The van der Waals surface area contributed by atoms with Crippen LogP contribution in [0.3, 0.4) is 0 Å². The molecule has 8 heteroatoms. The Hall–Kier alpha value is -4.46. The molecule has 0 fully saturated rings. The molecule has 3 N–H and O–H groups in total. The maximum absolute atomic E-state index is 12.6. The van der Waals surface area contributed by atoms with E-state index in [0.717, 1.165) is 41.5 Å². The first-order chi connectivity index (χ1) is 16.7. The van der Waals surface area contributed by atoms with Crippen molar-refractivity contribution in [3.63, 3.8) is 0 Å². The first-order valence-electron chi connectivity index (χ1n) is 11.2. The molecule has 34 heavy (non-hydrogen) atoms. The number of nitrogens with one attached hydrogen (secondary N) is 1. The standard InChI is InChI=1S/C26H22N6O2/c27-25-24-23(28-15-29-25)20-7-4-8-21(20)32(24)19-11-9-17(10-12-19)30-22(33)13-18-14-34-26(31-18)16-5-2-1-3-6-16/h1-3,5-6,9-12,14-15H,4,7-8,13H2,(H,30,33)(H2,27,28,29). The predicted octanol–water partition coefficient (Wildman–Crippen LogP) is 4.33. The van der Waals surface area contributed by atoms with Gasteiger partial charge in [0.15, 0.2) is 5.82 Å². The summed E-state index contributed by atoms with van der Waals surface area (Å²) in [5.74, 6) is 0.812. The molecule has 1 amide bonds. The molecule has 0 unspecified atom stereocenters. The van der Waals surface area contributed by atoms with E-state index in [1.807, 2.05) is 54.6 Å². The van der Waals surface area contributed by atoms with E-state index >= 15 is 0 Å². The van der Waals surface area contributed by atoms with Gasteiger partial charge in [0.25, 0.3) is 0 Å². The monoisotopic (exact) mass is 450 g/mol. The number of nitrogen functional groups attached to an aromatic ring is 1. The lowest BCUT2D eigenvalue weighted by Gasteiger charge is -2.12. The quantitative estimate of drug-likeness (QED) is 0.412. The van der Waals surface area contributed by atoms with Crippen molar-refractivity contribution in [1.29, 1.82) is 0 Å². The van der Waals surface area contributed by atoms with Gasteiger partial charge in [-0.2, -0.15) is 0 Å². The summed E-state index contributed by atoms with van der Waals surface area (Å²) < 4.78 is 7.68. The van der Waals surface area contributed by atoms with Gasteiger partial charge >= 0.3 is 0 Å². The molecule has 0 saturated carbocycles. The van der Waals surface area contributed by atoms with E-state index in [1.54, 1.807) is 0 Å². The van der Waals surface area contributed by atoms with Crippen LogP contribution < -0.4 is 11.1 Å². The van der Waals surface area contributed by atoms with Gasteiger partial charge in [-0.3, -0.25) is 4.79 Å². The van der Waals surface area contributed by atoms with E-state index in [4.69, 9.17) is 10.2 Å². The number of nitrogens with zero attached hydrogens (tertiary/aromatic N) is 4. The molecule has 0 aliphatic heterocycles. The highest BCUT2D eigenvalue weighted by molar-refractivity contribution is 5.93. The number of oxazole rings is 1. The number of aromatic nitrogens is 4. The summed E-state index contributed by atoms with van der Waals surface area (Å²) in [7, 11) is 0. The largest absolute Gasteiger partial charge is 0.444 e. The second-order valence-electron chi connectivity index (χ2n) is 8.35. The Labute approximate surface area is 195 Å². The van der Waals surface area contributed by atoms with Crippen molar-refractivity contribution >= 4 is 28.4 Å². The van der Waals surface area contributed by atoms with Gasteiger partial charge in [0.1, 0.15) is 18.1 Å². The number of benzene rings is 2. The van der Waals surface area contributed by atoms with Crippen LogP contribution in [0.15, 0.2) is 71.6 Å². The summed E-state index contributed by atoms with van der Waals surface area (Å²) >= 11 is 0. The summed E-state index contributed by atoms with van der Waals surface area (Å²) in [5, 5.41) is 2.93. The lowest BCUT2D eigenvalue weighted by Crippen LogP contribution is -2.14. The zero-order valence-corrected chi connectivity index (χ0v) is 18.4. The lowest BCUT2D eigenvalue weighted by molar-refractivity contribution is -0.115. The van der Waals surface area contributed by atoms with Gasteiger partial charge in [-0.15, -0.1) is 0 Å². The van der Waals surface area contributed by atoms with Gasteiger partial charge in [0.05, 0.1) is 17.6 Å². The number of nitrogens with two attached hydrogens (primary N) is 1. The highest BCUT2D eigenvalue weighted by Gasteiger charge is 2.25. The molecule has 0 saturated heterocycles. The molecule has 3 aromatic heterocycles. The fourth-order valence-corrected chi connectivity index (χ4v) is 4.65. The van der Waals surface area contributed by atoms with Crippen LogP contribution in [-0.2, 0) is 24.1 Å². The Bertz CT molecular complexity index is 1500. The molecule has 6 rings (SSSR count). The van der Waals surface area contributed by atoms with Crippen molar-refractivity contribution in [2.45, 2.75) is 25.7 Å². The number of carbonyl (C=O) groups excluding carboxylic acids is 1. The minimum atomic E-state index is -0.161. The van der Waals surface area contributed by atoms with Crippen LogP contribution in [0.5, 0.6) is 0 Å². The van der Waals surface area contributed by atoms with E-state index in [2.05, 4.69) is 24.8 Å². The number of rotatable bonds is 5. The zero-order valence-electron chi connectivity index (χ0n) is 18.4. The highest BCUT2D eigenvalue weighted by Crippen LogP contribution is 2.36. The molecular formula is C26H22N6O2. The normalized spacial score (nSPS) is 12.7. The van der Waals surface area contributed by atoms with Crippen LogP contribution in [-0.4, -0.2) is 25.4 Å². The third-order valence-electron chi connectivity index (χ3n) is 6.14. The lowest BCUT2D eigenvalue weighted by atomic mass is 10.2. The smallest absolute Gasteiger partial charge is 0.230 e. The van der Waals surface area contributed by atoms with Gasteiger partial charge < -0.3 is 20.0 Å². The molecule has 0 radical (unpaired) electrons. The van der Waals surface area contributed by atoms with E-state index < -0.39 is 0 Å². The average Bonchev–Trinajstić information content (AvgIpc) is 3.57. The maximum Gasteiger partial charge on any atom is 0.230 e. The molecule has 0 atom stereocenters. The molecule has 0 bridgehead atoms. The van der Waals surface area contributed by atoms with Gasteiger partial charge in [-0.25, -0.2) is 15.0 Å². The molecule has 1 aliphatic rings. The Kier molecular flexibility index (Phi) is 4.83. The number of hydrogen-bond donors (Lipinski definition) is 2. The van der Waals surface area contributed by atoms with Crippen LogP contribution in [0.4, 0.5) is 11.5 Å². The fourth-order valence-electron chi connectivity index (χ4n) is 4.65. The van der Waals surface area contributed by atoms with Crippen LogP contribution in [0.2, 0.25) is 0 Å². The number of carbonyl (C=O) groups is 1. The topological polar surface area (TPSA) is 112 Å². The summed E-state index contributed by atoms with van der Waals surface area (Å²) in [6, 6.07) is 17.3. The molecule has 8 nitrogen and oxygen atoms in total. The number of fused-ring (bicyclic) bond motifs is 3. The summed E-state index contributed by atoms with van der Waals surface area (Å²) in [6.07, 6.45) is 6.25. The first-order valence-corrected chi connectivity index (χ1v) is 11.2. The molecule has 2 aromatic carbocycles. The van der Waals surface area contributed by atoms with Gasteiger partial charge in [0, 0.05) is 22.6 Å². The number of aryl methyl sites for hydroxylation is 1. The van der Waals surface area contributed by atoms with Crippen molar-refractivity contribution < 1.29 is 9.21 Å². The number of hydrogen-bond acceptors (Lipinski definition) is 6. The maximum atomic E-state index is 12.6. The predicted molar refractivity (Wildman–Crippen MR) is 130 cm³/mol. The third kappa shape index (κ3) is 3.49. The van der Waals surface area contributed by atoms with Crippen LogP contribution in [0.1, 0.15) is 23.4 Å². The molecule has 5 aromatic rings. The second-order valence-corrected chi connectivity index (χ2v) is 8.35. The van der Waals surface area contributed by atoms with Crippen molar-refractivity contribution in [2.24, 2.45) is 0 Å². The molecular weight excluding hydrogens is 428 g/mol. The number of anilines is 2. The first kappa shape index (κ1) is 20.2. The van der Waals surface area contributed by atoms with Crippen molar-refractivity contribution in [3.05, 3.63) is 84.1 Å².